The summed E-state index contributed by atoms with van der Waals surface area (Å²) in [6, 6.07) is 3.38. The highest BCUT2D eigenvalue weighted by atomic mass is 79.9. The summed E-state index contributed by atoms with van der Waals surface area (Å²) in [7, 11) is 0. The average molecular weight is 315 g/mol. The molecule has 0 spiro atoms. The van der Waals surface area contributed by atoms with Crippen molar-refractivity contribution in [3.05, 3.63) is 32.3 Å². The first-order valence-electron chi connectivity index (χ1n) is 6.14. The molecule has 100 valence electrons. The second-order valence-electron chi connectivity index (χ2n) is 4.65. The molecule has 1 aromatic carbocycles. The molecule has 0 aliphatic carbocycles. The average Bonchev–Trinajstić information content (AvgIpc) is 2.27. The number of hydrogen-bond donors (Lipinski definition) is 1. The minimum absolute atomic E-state index is 0.156. The van der Waals surface area contributed by atoms with Gasteiger partial charge in [-0.3, -0.25) is 10.1 Å². The Morgan fingerprint density at radius 2 is 2.17 bits per heavy atom. The number of nitrogens with zero attached hydrogens (tertiary/aromatic N) is 1. The maximum absolute atomic E-state index is 10.9. The van der Waals surface area contributed by atoms with Crippen LogP contribution in [0.4, 0.5) is 11.4 Å². The summed E-state index contributed by atoms with van der Waals surface area (Å²) in [6.07, 6.45) is 2.30. The largest absolute Gasteiger partial charge is 0.384 e. The second-order valence-corrected chi connectivity index (χ2v) is 5.50. The molecule has 1 atom stereocenters. The molecule has 18 heavy (non-hydrogen) atoms. The van der Waals surface area contributed by atoms with Crippen molar-refractivity contribution in [3.63, 3.8) is 0 Å². The van der Waals surface area contributed by atoms with E-state index in [0.717, 1.165) is 29.5 Å². The van der Waals surface area contributed by atoms with E-state index >= 15 is 0 Å². The molecule has 0 saturated carbocycles. The van der Waals surface area contributed by atoms with Gasteiger partial charge in [0.05, 0.1) is 10.6 Å². The highest BCUT2D eigenvalue weighted by molar-refractivity contribution is 9.10. The van der Waals surface area contributed by atoms with Crippen molar-refractivity contribution < 1.29 is 4.92 Å². The molecule has 0 fully saturated rings. The first-order chi connectivity index (χ1) is 8.45. The molecule has 1 aromatic rings. The molecular weight excluding hydrogens is 296 g/mol. The molecule has 1 unspecified atom stereocenters. The van der Waals surface area contributed by atoms with Gasteiger partial charge in [0, 0.05) is 22.6 Å². The third-order valence-corrected chi connectivity index (χ3v) is 3.56. The van der Waals surface area contributed by atoms with Crippen molar-refractivity contribution in [1.82, 2.24) is 0 Å². The van der Waals surface area contributed by atoms with Crippen LogP contribution in [0.15, 0.2) is 16.6 Å². The van der Waals surface area contributed by atoms with Crippen LogP contribution in [0.1, 0.15) is 32.3 Å². The number of anilines is 1. The summed E-state index contributed by atoms with van der Waals surface area (Å²) in [5.41, 5.74) is 1.61. The summed E-state index contributed by atoms with van der Waals surface area (Å²) in [5, 5.41) is 14.2. The van der Waals surface area contributed by atoms with E-state index < -0.39 is 0 Å². The van der Waals surface area contributed by atoms with Gasteiger partial charge in [-0.2, -0.15) is 0 Å². The molecule has 0 aliphatic heterocycles. The Morgan fingerprint density at radius 1 is 1.50 bits per heavy atom. The number of aryl methyl sites for hydroxylation is 1. The standard InChI is InChI=1S/C13H19BrN2O2/c1-4-5-9(2)8-15-12-7-13(16(17)18)10(3)6-11(12)14/h6-7,9,15H,4-5,8H2,1-3H3. The highest BCUT2D eigenvalue weighted by Gasteiger charge is 2.14. The SMILES string of the molecule is CCCC(C)CNc1cc([N+](=O)[O-])c(C)cc1Br. The maximum Gasteiger partial charge on any atom is 0.274 e. The van der Waals surface area contributed by atoms with Gasteiger partial charge in [0.2, 0.25) is 0 Å². The predicted molar refractivity (Wildman–Crippen MR) is 78.1 cm³/mol. The van der Waals surface area contributed by atoms with Gasteiger partial charge in [0.15, 0.2) is 0 Å². The van der Waals surface area contributed by atoms with E-state index in [-0.39, 0.29) is 10.6 Å². The van der Waals surface area contributed by atoms with Crippen molar-refractivity contribution >= 4 is 27.3 Å². The summed E-state index contributed by atoms with van der Waals surface area (Å²) < 4.78 is 0.870. The first kappa shape index (κ1) is 15.0. The van der Waals surface area contributed by atoms with Crippen LogP contribution in [-0.4, -0.2) is 11.5 Å². The lowest BCUT2D eigenvalue weighted by molar-refractivity contribution is -0.385. The molecule has 0 radical (unpaired) electrons. The Morgan fingerprint density at radius 3 is 2.72 bits per heavy atom. The van der Waals surface area contributed by atoms with Gasteiger partial charge < -0.3 is 5.32 Å². The number of nitro benzene ring substituents is 1. The monoisotopic (exact) mass is 314 g/mol. The van der Waals surface area contributed by atoms with E-state index in [0.29, 0.717) is 11.5 Å². The molecule has 1 rings (SSSR count). The van der Waals surface area contributed by atoms with Gasteiger partial charge in [-0.15, -0.1) is 0 Å². The number of nitro groups is 1. The fraction of sp³-hybridized carbons (Fsp3) is 0.538. The van der Waals surface area contributed by atoms with Gasteiger partial charge in [-0.1, -0.05) is 20.3 Å². The van der Waals surface area contributed by atoms with Crippen molar-refractivity contribution in [1.29, 1.82) is 0 Å². The number of rotatable bonds is 6. The predicted octanol–water partition coefficient (Wildman–Crippen LogP) is 4.51. The molecule has 0 aliphatic rings. The molecule has 5 heteroatoms. The summed E-state index contributed by atoms with van der Waals surface area (Å²) in [6.45, 7) is 6.90. The van der Waals surface area contributed by atoms with Crippen molar-refractivity contribution in [3.8, 4) is 0 Å². The van der Waals surface area contributed by atoms with Crippen molar-refractivity contribution in [2.45, 2.75) is 33.6 Å². The zero-order valence-corrected chi connectivity index (χ0v) is 12.6. The Balaban J connectivity index is 2.82. The van der Waals surface area contributed by atoms with E-state index in [1.807, 2.05) is 0 Å². The third kappa shape index (κ3) is 3.98. The molecule has 0 bridgehead atoms. The number of hydrogen-bond acceptors (Lipinski definition) is 3. The Labute approximate surface area is 116 Å². The zero-order chi connectivity index (χ0) is 13.7. The van der Waals surface area contributed by atoms with Crippen LogP contribution < -0.4 is 5.32 Å². The Kier molecular flexibility index (Phi) is 5.59. The van der Waals surface area contributed by atoms with E-state index in [1.54, 1.807) is 19.1 Å². The zero-order valence-electron chi connectivity index (χ0n) is 11.0. The van der Waals surface area contributed by atoms with E-state index in [1.165, 1.54) is 0 Å². The lowest BCUT2D eigenvalue weighted by Gasteiger charge is -2.14. The van der Waals surface area contributed by atoms with Crippen molar-refractivity contribution in [2.75, 3.05) is 11.9 Å². The first-order valence-corrected chi connectivity index (χ1v) is 6.93. The minimum atomic E-state index is -0.345. The highest BCUT2D eigenvalue weighted by Crippen LogP contribution is 2.30. The molecule has 0 heterocycles. The van der Waals surface area contributed by atoms with Crippen LogP contribution in [0.5, 0.6) is 0 Å². The van der Waals surface area contributed by atoms with Gasteiger partial charge in [0.25, 0.3) is 5.69 Å². The topological polar surface area (TPSA) is 55.2 Å². The van der Waals surface area contributed by atoms with Crippen LogP contribution >= 0.6 is 15.9 Å². The molecular formula is C13H19BrN2O2. The van der Waals surface area contributed by atoms with E-state index in [4.69, 9.17) is 0 Å². The second kappa shape index (κ2) is 6.73. The summed E-state index contributed by atoms with van der Waals surface area (Å²) in [4.78, 5) is 10.5. The Hall–Kier alpha value is -1.10. The van der Waals surface area contributed by atoms with Gasteiger partial charge >= 0.3 is 0 Å². The van der Waals surface area contributed by atoms with Crippen molar-refractivity contribution in [2.24, 2.45) is 5.92 Å². The lowest BCUT2D eigenvalue weighted by atomic mass is 10.1. The van der Waals surface area contributed by atoms with Crippen LogP contribution in [0.3, 0.4) is 0 Å². The van der Waals surface area contributed by atoms with E-state index in [9.17, 15) is 10.1 Å². The molecule has 0 saturated heterocycles. The molecule has 0 aromatic heterocycles. The quantitative estimate of drug-likeness (QED) is 0.620. The van der Waals surface area contributed by atoms with Crippen LogP contribution in [0.2, 0.25) is 0 Å². The summed E-state index contributed by atoms with van der Waals surface area (Å²) in [5.74, 6) is 0.558. The molecule has 4 nitrogen and oxygen atoms in total. The smallest absolute Gasteiger partial charge is 0.274 e. The third-order valence-electron chi connectivity index (χ3n) is 2.90. The summed E-state index contributed by atoms with van der Waals surface area (Å²) >= 11 is 3.43. The molecule has 0 amide bonds. The van der Waals surface area contributed by atoms with E-state index in [2.05, 4.69) is 35.1 Å². The fourth-order valence-corrected chi connectivity index (χ4v) is 2.47. The lowest BCUT2D eigenvalue weighted by Crippen LogP contribution is -2.11. The van der Waals surface area contributed by atoms with Gasteiger partial charge in [0.1, 0.15) is 0 Å². The van der Waals surface area contributed by atoms with Crippen LogP contribution in [0, 0.1) is 23.0 Å². The van der Waals surface area contributed by atoms with Crippen LogP contribution in [0.25, 0.3) is 0 Å². The number of benzene rings is 1. The molecule has 1 N–H and O–H groups in total. The maximum atomic E-state index is 10.9. The number of nitrogens with one attached hydrogen (secondary N) is 1. The van der Waals surface area contributed by atoms with Crippen LogP contribution in [-0.2, 0) is 0 Å². The number of halogens is 1. The normalized spacial score (nSPS) is 12.2. The fourth-order valence-electron chi connectivity index (χ4n) is 1.87. The van der Waals surface area contributed by atoms with Gasteiger partial charge in [-0.05, 0) is 41.3 Å². The Bertz CT molecular complexity index is 435. The minimum Gasteiger partial charge on any atom is -0.384 e. The van der Waals surface area contributed by atoms with Gasteiger partial charge in [-0.25, -0.2) is 0 Å².